The van der Waals surface area contributed by atoms with Crippen molar-refractivity contribution in [3.05, 3.63) is 29.1 Å². The first-order chi connectivity index (χ1) is 5.95. The zero-order valence-electron chi connectivity index (χ0n) is 8.76. The molecule has 0 aromatic carbocycles. The number of aryl methyl sites for hydroxylation is 1. The molecule has 1 heterocycles. The lowest BCUT2D eigenvalue weighted by Crippen LogP contribution is -2.14. The fourth-order valence-corrected chi connectivity index (χ4v) is 1.51. The van der Waals surface area contributed by atoms with Crippen LogP contribution < -0.4 is 0 Å². The molecule has 0 aliphatic rings. The molecule has 1 aromatic rings. The van der Waals surface area contributed by atoms with Gasteiger partial charge in [-0.1, -0.05) is 26.8 Å². The largest absolute Gasteiger partial charge is 0.257 e. The minimum Gasteiger partial charge on any atom is -0.257 e. The Hall–Kier alpha value is -0.500. The molecule has 2 heteroatoms. The van der Waals surface area contributed by atoms with Gasteiger partial charge in [-0.3, -0.25) is 4.98 Å². The highest BCUT2D eigenvalue weighted by molar-refractivity contribution is 7.79. The molecule has 0 atom stereocenters. The Bertz CT molecular complexity index is 299. The first kappa shape index (κ1) is 10.6. The lowest BCUT2D eigenvalue weighted by atomic mass is 9.91. The minimum absolute atomic E-state index is 0.139. The van der Waals surface area contributed by atoms with E-state index in [1.165, 1.54) is 5.56 Å². The van der Waals surface area contributed by atoms with E-state index in [-0.39, 0.29) is 5.41 Å². The zero-order valence-corrected chi connectivity index (χ0v) is 9.65. The number of aromatic nitrogens is 1. The molecule has 1 rings (SSSR count). The number of rotatable bonds is 1. The van der Waals surface area contributed by atoms with Crippen LogP contribution in [-0.4, -0.2) is 4.98 Å². The van der Waals surface area contributed by atoms with Crippen LogP contribution in [0.25, 0.3) is 0 Å². The summed E-state index contributed by atoms with van der Waals surface area (Å²) >= 11 is 4.25. The van der Waals surface area contributed by atoms with Crippen LogP contribution in [0.3, 0.4) is 0 Å². The normalized spacial score (nSPS) is 11.8. The van der Waals surface area contributed by atoms with Gasteiger partial charge in [-0.2, -0.15) is 12.6 Å². The van der Waals surface area contributed by atoms with Crippen molar-refractivity contribution in [1.29, 1.82) is 0 Å². The van der Waals surface area contributed by atoms with Gasteiger partial charge in [0.25, 0.3) is 0 Å². The number of hydrogen-bond donors (Lipinski definition) is 1. The second-order valence-electron chi connectivity index (χ2n) is 4.35. The van der Waals surface area contributed by atoms with Crippen molar-refractivity contribution in [2.75, 3.05) is 0 Å². The summed E-state index contributed by atoms with van der Waals surface area (Å²) in [6, 6.07) is 4.22. The summed E-state index contributed by atoms with van der Waals surface area (Å²) < 4.78 is 0. The second kappa shape index (κ2) is 3.70. The molecule has 13 heavy (non-hydrogen) atoms. The molecule has 0 fully saturated rings. The van der Waals surface area contributed by atoms with Crippen LogP contribution in [0.5, 0.6) is 0 Å². The highest BCUT2D eigenvalue weighted by Gasteiger charge is 2.15. The summed E-state index contributed by atoms with van der Waals surface area (Å²) in [5.74, 6) is 0.767. The average molecular weight is 195 g/mol. The van der Waals surface area contributed by atoms with E-state index in [1.54, 1.807) is 0 Å². The van der Waals surface area contributed by atoms with Gasteiger partial charge < -0.3 is 0 Å². The summed E-state index contributed by atoms with van der Waals surface area (Å²) in [7, 11) is 0. The Morgan fingerprint density at radius 3 is 2.31 bits per heavy atom. The summed E-state index contributed by atoms with van der Waals surface area (Å²) in [4.78, 5) is 4.57. The standard InChI is InChI=1S/C11H17NS/c1-8-9(7-13)5-6-10(12-8)11(2,3)4/h5-6,13H,7H2,1-4H3. The number of thiol groups is 1. The smallest absolute Gasteiger partial charge is 0.0460 e. The molecule has 0 radical (unpaired) electrons. The number of hydrogen-bond acceptors (Lipinski definition) is 2. The molecule has 0 N–H and O–H groups in total. The molecule has 1 aromatic heterocycles. The van der Waals surface area contributed by atoms with Crippen molar-refractivity contribution in [2.45, 2.75) is 38.9 Å². The molecule has 0 spiro atoms. The van der Waals surface area contributed by atoms with Gasteiger partial charge in [0.15, 0.2) is 0 Å². The maximum absolute atomic E-state index is 4.57. The molecule has 0 saturated carbocycles. The van der Waals surface area contributed by atoms with Crippen LogP contribution in [0.15, 0.2) is 12.1 Å². The molecular weight excluding hydrogens is 178 g/mol. The molecule has 1 nitrogen and oxygen atoms in total. The van der Waals surface area contributed by atoms with Crippen LogP contribution in [0, 0.1) is 6.92 Å². The Kier molecular flexibility index (Phi) is 3.01. The zero-order chi connectivity index (χ0) is 10.1. The third kappa shape index (κ3) is 2.47. The molecule has 0 aliphatic heterocycles. The maximum atomic E-state index is 4.57. The van der Waals surface area contributed by atoms with Gasteiger partial charge in [0, 0.05) is 22.6 Å². The van der Waals surface area contributed by atoms with Crippen molar-refractivity contribution >= 4 is 12.6 Å². The first-order valence-corrected chi connectivity index (χ1v) is 5.16. The van der Waals surface area contributed by atoms with E-state index in [2.05, 4.69) is 50.5 Å². The SMILES string of the molecule is Cc1nc(C(C)(C)C)ccc1CS. The highest BCUT2D eigenvalue weighted by Crippen LogP contribution is 2.21. The van der Waals surface area contributed by atoms with Gasteiger partial charge >= 0.3 is 0 Å². The predicted octanol–water partition coefficient (Wildman–Crippen LogP) is 3.12. The summed E-state index contributed by atoms with van der Waals surface area (Å²) in [6.07, 6.45) is 0. The molecule has 0 amide bonds. The van der Waals surface area contributed by atoms with Crippen LogP contribution in [0.4, 0.5) is 0 Å². The minimum atomic E-state index is 0.139. The molecule has 0 aliphatic carbocycles. The van der Waals surface area contributed by atoms with E-state index >= 15 is 0 Å². The van der Waals surface area contributed by atoms with E-state index < -0.39 is 0 Å². The van der Waals surface area contributed by atoms with Crippen LogP contribution in [0.2, 0.25) is 0 Å². The molecular formula is C11H17NS. The van der Waals surface area contributed by atoms with E-state index in [1.807, 2.05) is 6.92 Å². The Labute approximate surface area is 86.0 Å². The Balaban J connectivity index is 3.10. The maximum Gasteiger partial charge on any atom is 0.0460 e. The van der Waals surface area contributed by atoms with Gasteiger partial charge in [0.2, 0.25) is 0 Å². The quantitative estimate of drug-likeness (QED) is 0.679. The summed E-state index contributed by atoms with van der Waals surface area (Å²) in [6.45, 7) is 8.57. The van der Waals surface area contributed by atoms with Gasteiger partial charge in [0.1, 0.15) is 0 Å². The molecule has 0 unspecified atom stereocenters. The Morgan fingerprint density at radius 2 is 1.92 bits per heavy atom. The van der Waals surface area contributed by atoms with Crippen molar-refractivity contribution in [1.82, 2.24) is 4.98 Å². The van der Waals surface area contributed by atoms with E-state index in [4.69, 9.17) is 0 Å². The van der Waals surface area contributed by atoms with Crippen molar-refractivity contribution < 1.29 is 0 Å². The average Bonchev–Trinajstić information content (AvgIpc) is 2.02. The van der Waals surface area contributed by atoms with E-state index in [0.717, 1.165) is 17.1 Å². The summed E-state index contributed by atoms with van der Waals surface area (Å²) in [5.41, 5.74) is 3.61. The first-order valence-electron chi connectivity index (χ1n) is 4.53. The third-order valence-electron chi connectivity index (χ3n) is 2.13. The highest BCUT2D eigenvalue weighted by atomic mass is 32.1. The molecule has 0 bridgehead atoms. The summed E-state index contributed by atoms with van der Waals surface area (Å²) in [5, 5.41) is 0. The van der Waals surface area contributed by atoms with Crippen molar-refractivity contribution in [3.8, 4) is 0 Å². The number of pyridine rings is 1. The van der Waals surface area contributed by atoms with Gasteiger partial charge in [0.05, 0.1) is 0 Å². The van der Waals surface area contributed by atoms with Crippen LogP contribution in [0.1, 0.15) is 37.7 Å². The van der Waals surface area contributed by atoms with Crippen molar-refractivity contribution in [3.63, 3.8) is 0 Å². The second-order valence-corrected chi connectivity index (χ2v) is 4.67. The van der Waals surface area contributed by atoms with Gasteiger partial charge in [-0.25, -0.2) is 0 Å². The number of nitrogens with zero attached hydrogens (tertiary/aromatic N) is 1. The Morgan fingerprint density at radius 1 is 1.31 bits per heavy atom. The van der Waals surface area contributed by atoms with Crippen molar-refractivity contribution in [2.24, 2.45) is 0 Å². The molecule has 72 valence electrons. The molecule has 0 saturated heterocycles. The fraction of sp³-hybridized carbons (Fsp3) is 0.545. The topological polar surface area (TPSA) is 12.9 Å². The fourth-order valence-electron chi connectivity index (χ4n) is 1.17. The predicted molar refractivity (Wildman–Crippen MR) is 60.4 cm³/mol. The van der Waals surface area contributed by atoms with Gasteiger partial charge in [-0.15, -0.1) is 0 Å². The monoisotopic (exact) mass is 195 g/mol. The van der Waals surface area contributed by atoms with Crippen LogP contribution in [-0.2, 0) is 11.2 Å². The third-order valence-corrected chi connectivity index (χ3v) is 2.47. The lowest BCUT2D eigenvalue weighted by molar-refractivity contribution is 0.566. The van der Waals surface area contributed by atoms with Crippen LogP contribution >= 0.6 is 12.6 Å². The van der Waals surface area contributed by atoms with Gasteiger partial charge in [-0.05, 0) is 18.6 Å². The lowest BCUT2D eigenvalue weighted by Gasteiger charge is -2.18. The van der Waals surface area contributed by atoms with E-state index in [0.29, 0.717) is 0 Å². The van der Waals surface area contributed by atoms with E-state index in [9.17, 15) is 0 Å².